The van der Waals surface area contributed by atoms with E-state index in [1.54, 1.807) is 7.11 Å². The Morgan fingerprint density at radius 1 is 1.33 bits per heavy atom. The molecule has 0 spiro atoms. The number of hydrogen-bond acceptors (Lipinski definition) is 3. The van der Waals surface area contributed by atoms with Gasteiger partial charge < -0.3 is 14.4 Å². The van der Waals surface area contributed by atoms with Crippen molar-refractivity contribution in [3.63, 3.8) is 0 Å². The SMILES string of the molecule is [C-]#[N+]N1CCC[C@@]2(CC)CC(C)(O)n3c(c(c4ccccc43)CC1)C2OC. The predicted molar refractivity (Wildman–Crippen MR) is 106 cm³/mol. The first-order valence-electron chi connectivity index (χ1n) is 9.97. The fourth-order valence-electron chi connectivity index (χ4n) is 5.65. The number of rotatable bonds is 2. The summed E-state index contributed by atoms with van der Waals surface area (Å²) in [7, 11) is 1.80. The molecule has 2 aromatic rings. The van der Waals surface area contributed by atoms with Gasteiger partial charge in [0.05, 0.1) is 24.3 Å². The minimum atomic E-state index is -0.948. The summed E-state index contributed by atoms with van der Waals surface area (Å²) in [6.07, 6.45) is 4.26. The monoisotopic (exact) mass is 367 g/mol. The predicted octanol–water partition coefficient (Wildman–Crippen LogP) is 4.27. The van der Waals surface area contributed by atoms with Crippen LogP contribution in [0.3, 0.4) is 0 Å². The average molecular weight is 367 g/mol. The van der Waals surface area contributed by atoms with Crippen LogP contribution in [0.4, 0.5) is 0 Å². The molecule has 1 aromatic heterocycles. The molecule has 0 saturated carbocycles. The average Bonchev–Trinajstić information content (AvgIpc) is 2.99. The Hall–Kier alpha value is -2.03. The van der Waals surface area contributed by atoms with E-state index < -0.39 is 5.72 Å². The molecule has 4 rings (SSSR count). The smallest absolute Gasteiger partial charge is 0.139 e. The Kier molecular flexibility index (Phi) is 4.44. The Labute approximate surface area is 161 Å². The zero-order valence-electron chi connectivity index (χ0n) is 16.5. The maximum Gasteiger partial charge on any atom is 0.139 e. The molecular weight excluding hydrogens is 338 g/mol. The molecule has 0 aliphatic carbocycles. The van der Waals surface area contributed by atoms with E-state index >= 15 is 0 Å². The fraction of sp³-hybridized carbons (Fsp3) is 0.591. The molecule has 2 aliphatic heterocycles. The Bertz CT molecular complexity index is 895. The Balaban J connectivity index is 2.04. The Morgan fingerprint density at radius 3 is 2.81 bits per heavy atom. The lowest BCUT2D eigenvalue weighted by atomic mass is 9.66. The van der Waals surface area contributed by atoms with Crippen molar-refractivity contribution in [3.8, 4) is 0 Å². The molecule has 5 heteroatoms. The number of ether oxygens (including phenoxy) is 1. The first-order valence-corrected chi connectivity index (χ1v) is 9.97. The molecule has 2 bridgehead atoms. The van der Waals surface area contributed by atoms with Gasteiger partial charge in [0.1, 0.15) is 11.8 Å². The molecule has 0 fully saturated rings. The summed E-state index contributed by atoms with van der Waals surface area (Å²) in [5.74, 6) is 0. The van der Waals surface area contributed by atoms with Crippen LogP contribution in [0, 0.1) is 12.0 Å². The third-order valence-electron chi connectivity index (χ3n) is 6.79. The van der Waals surface area contributed by atoms with Crippen molar-refractivity contribution in [3.05, 3.63) is 47.0 Å². The molecule has 2 aliphatic rings. The molecular formula is C22H29N3O2. The summed E-state index contributed by atoms with van der Waals surface area (Å²) in [6, 6.07) is 8.32. The summed E-state index contributed by atoms with van der Waals surface area (Å²) in [4.78, 5) is 3.74. The maximum atomic E-state index is 11.6. The van der Waals surface area contributed by atoms with Gasteiger partial charge in [0.25, 0.3) is 0 Å². The molecule has 0 radical (unpaired) electrons. The van der Waals surface area contributed by atoms with Gasteiger partial charge in [-0.05, 0) is 44.2 Å². The number of nitrogens with zero attached hydrogens (tertiary/aromatic N) is 3. The van der Waals surface area contributed by atoms with Gasteiger partial charge in [-0.2, -0.15) is 11.5 Å². The molecule has 0 saturated heterocycles. The highest BCUT2D eigenvalue weighted by atomic mass is 16.5. The van der Waals surface area contributed by atoms with E-state index in [0.717, 1.165) is 43.4 Å². The van der Waals surface area contributed by atoms with Crippen LogP contribution in [-0.2, 0) is 16.9 Å². The van der Waals surface area contributed by atoms with Crippen LogP contribution in [-0.4, -0.2) is 34.9 Å². The topological polar surface area (TPSA) is 42.0 Å². The van der Waals surface area contributed by atoms with E-state index in [-0.39, 0.29) is 11.5 Å². The quantitative estimate of drug-likeness (QED) is 0.806. The third-order valence-corrected chi connectivity index (χ3v) is 6.79. The van der Waals surface area contributed by atoms with E-state index in [4.69, 9.17) is 11.3 Å². The molecule has 3 heterocycles. The van der Waals surface area contributed by atoms with Crippen LogP contribution in [0.5, 0.6) is 0 Å². The summed E-state index contributed by atoms with van der Waals surface area (Å²) < 4.78 is 8.27. The summed E-state index contributed by atoms with van der Waals surface area (Å²) >= 11 is 0. The van der Waals surface area contributed by atoms with Crippen molar-refractivity contribution in [1.29, 1.82) is 0 Å². The summed E-state index contributed by atoms with van der Waals surface area (Å²) in [6.45, 7) is 13.2. The number of para-hydroxylation sites is 1. The molecule has 27 heavy (non-hydrogen) atoms. The highest BCUT2D eigenvalue weighted by Gasteiger charge is 2.52. The van der Waals surface area contributed by atoms with E-state index in [2.05, 4.69) is 34.6 Å². The lowest BCUT2D eigenvalue weighted by Crippen LogP contribution is -2.48. The zero-order valence-corrected chi connectivity index (χ0v) is 16.5. The standard InChI is InChI=1S/C22H29N3O2/c1-5-22-12-8-13-24(23-3)14-11-17-16-9-6-7-10-18(16)25(21(2,26)15-22)19(17)20(22)27-4/h6-7,9-10,20,26H,5,8,11-15H2,1-2,4H3/t20?,21?,22-/m0/s1. The van der Waals surface area contributed by atoms with Gasteiger partial charge in [-0.3, -0.25) is 0 Å². The number of aliphatic hydroxyl groups is 1. The van der Waals surface area contributed by atoms with Gasteiger partial charge >= 0.3 is 0 Å². The van der Waals surface area contributed by atoms with E-state index in [1.807, 2.05) is 18.0 Å². The number of methoxy groups -OCH3 is 1. The van der Waals surface area contributed by atoms with Crippen molar-refractivity contribution in [1.82, 2.24) is 9.58 Å². The maximum absolute atomic E-state index is 11.6. The van der Waals surface area contributed by atoms with Crippen molar-refractivity contribution >= 4 is 10.9 Å². The summed E-state index contributed by atoms with van der Waals surface area (Å²) in [5.41, 5.74) is 2.33. The van der Waals surface area contributed by atoms with Gasteiger partial charge in [0.2, 0.25) is 0 Å². The van der Waals surface area contributed by atoms with Crippen LogP contribution < -0.4 is 0 Å². The van der Waals surface area contributed by atoms with E-state index in [0.29, 0.717) is 13.0 Å². The molecule has 1 N–H and O–H groups in total. The fourth-order valence-corrected chi connectivity index (χ4v) is 5.65. The molecule has 5 nitrogen and oxygen atoms in total. The normalized spacial score (nSPS) is 30.9. The lowest BCUT2D eigenvalue weighted by molar-refractivity contribution is -0.144. The van der Waals surface area contributed by atoms with E-state index in [9.17, 15) is 5.11 Å². The molecule has 0 amide bonds. The second kappa shape index (κ2) is 6.54. The number of benzene rings is 1. The van der Waals surface area contributed by atoms with E-state index in [1.165, 1.54) is 10.9 Å². The van der Waals surface area contributed by atoms with Crippen LogP contribution >= 0.6 is 0 Å². The van der Waals surface area contributed by atoms with Crippen LogP contribution in [0.2, 0.25) is 0 Å². The van der Waals surface area contributed by atoms with Crippen LogP contribution in [0.1, 0.15) is 56.9 Å². The Morgan fingerprint density at radius 2 is 2.11 bits per heavy atom. The van der Waals surface area contributed by atoms with Crippen molar-refractivity contribution in [2.45, 2.75) is 57.8 Å². The lowest BCUT2D eigenvalue weighted by Gasteiger charge is -2.50. The highest BCUT2D eigenvalue weighted by molar-refractivity contribution is 5.86. The zero-order chi connectivity index (χ0) is 19.2. The molecule has 144 valence electrons. The van der Waals surface area contributed by atoms with Gasteiger partial charge in [-0.25, -0.2) is 0 Å². The molecule has 3 atom stereocenters. The van der Waals surface area contributed by atoms with Gasteiger partial charge in [0, 0.05) is 24.3 Å². The highest BCUT2D eigenvalue weighted by Crippen LogP contribution is 2.56. The van der Waals surface area contributed by atoms with Gasteiger partial charge in [-0.1, -0.05) is 25.1 Å². The van der Waals surface area contributed by atoms with Crippen molar-refractivity contribution in [2.75, 3.05) is 20.2 Å². The number of fused-ring (bicyclic) bond motifs is 4. The molecule has 2 unspecified atom stereocenters. The van der Waals surface area contributed by atoms with Gasteiger partial charge in [0.15, 0.2) is 0 Å². The molecule has 1 aromatic carbocycles. The third kappa shape index (κ3) is 2.66. The second-order valence-corrected chi connectivity index (χ2v) is 8.35. The minimum Gasteiger partial charge on any atom is -0.375 e. The number of aromatic nitrogens is 1. The van der Waals surface area contributed by atoms with Crippen LogP contribution in [0.15, 0.2) is 24.3 Å². The van der Waals surface area contributed by atoms with Crippen molar-refractivity contribution in [2.24, 2.45) is 5.41 Å². The first-order chi connectivity index (χ1) is 13.0. The van der Waals surface area contributed by atoms with Crippen LogP contribution in [0.25, 0.3) is 15.9 Å². The summed E-state index contributed by atoms with van der Waals surface area (Å²) in [5, 5.41) is 14.6. The largest absolute Gasteiger partial charge is 0.375 e. The second-order valence-electron chi connectivity index (χ2n) is 8.35. The first kappa shape index (κ1) is 18.3. The minimum absolute atomic E-state index is 0.0374. The van der Waals surface area contributed by atoms with Gasteiger partial charge in [-0.15, -0.1) is 5.01 Å². The number of hydrogen-bond donors (Lipinski definition) is 1. The van der Waals surface area contributed by atoms with Crippen molar-refractivity contribution < 1.29 is 9.84 Å².